The maximum absolute atomic E-state index is 12.3. The summed E-state index contributed by atoms with van der Waals surface area (Å²) in [5.74, 6) is -0.141. The number of ether oxygens (including phenoxy) is 1. The highest BCUT2D eigenvalue weighted by atomic mass is 32.2. The number of hydrogen-bond acceptors (Lipinski definition) is 4. The number of carbonyl (C=O) groups is 1. The zero-order chi connectivity index (χ0) is 17.0. The molecule has 24 heavy (non-hydrogen) atoms. The van der Waals surface area contributed by atoms with Crippen LogP contribution in [0.15, 0.2) is 29.2 Å². The molecule has 1 aromatic carbocycles. The number of sulfonamides is 1. The van der Waals surface area contributed by atoms with Crippen molar-refractivity contribution in [2.45, 2.75) is 55.6 Å². The predicted octanol–water partition coefficient (Wildman–Crippen LogP) is 1.82. The lowest BCUT2D eigenvalue weighted by molar-refractivity contribution is 0.0937. The Labute approximate surface area is 143 Å². The Kier molecular flexibility index (Phi) is 5.53. The topological polar surface area (TPSA) is 84.5 Å². The molecule has 1 saturated carbocycles. The van der Waals surface area contributed by atoms with Crippen LogP contribution in [0.4, 0.5) is 0 Å². The third-order valence-electron chi connectivity index (χ3n) is 4.64. The van der Waals surface area contributed by atoms with Crippen molar-refractivity contribution in [2.75, 3.05) is 13.2 Å². The molecule has 7 heteroatoms. The zero-order valence-corrected chi connectivity index (χ0v) is 14.5. The summed E-state index contributed by atoms with van der Waals surface area (Å²) in [7, 11) is -3.57. The molecule has 0 bridgehead atoms. The van der Waals surface area contributed by atoms with Crippen molar-refractivity contribution in [3.63, 3.8) is 0 Å². The first kappa shape index (κ1) is 17.4. The van der Waals surface area contributed by atoms with E-state index in [1.165, 1.54) is 12.1 Å². The van der Waals surface area contributed by atoms with Gasteiger partial charge < -0.3 is 10.1 Å². The highest BCUT2D eigenvalue weighted by Gasteiger charge is 2.21. The number of carbonyl (C=O) groups excluding carboxylic acids is 1. The quantitative estimate of drug-likeness (QED) is 0.818. The van der Waals surface area contributed by atoms with Gasteiger partial charge in [0, 0.05) is 24.8 Å². The molecule has 1 aromatic rings. The van der Waals surface area contributed by atoms with Crippen LogP contribution in [-0.4, -0.2) is 39.6 Å². The van der Waals surface area contributed by atoms with Crippen LogP contribution in [0.25, 0.3) is 0 Å². The van der Waals surface area contributed by atoms with E-state index in [0.717, 1.165) is 38.5 Å². The van der Waals surface area contributed by atoms with Gasteiger partial charge in [0.15, 0.2) is 0 Å². The summed E-state index contributed by atoms with van der Waals surface area (Å²) in [4.78, 5) is 12.3. The Morgan fingerprint density at radius 1 is 1.08 bits per heavy atom. The van der Waals surface area contributed by atoms with Crippen LogP contribution in [0, 0.1) is 0 Å². The van der Waals surface area contributed by atoms with E-state index in [1.54, 1.807) is 12.1 Å². The second-order valence-corrected chi connectivity index (χ2v) is 8.23. The molecule has 1 saturated heterocycles. The lowest BCUT2D eigenvalue weighted by Gasteiger charge is -2.13. The van der Waals surface area contributed by atoms with Crippen LogP contribution in [0.1, 0.15) is 48.9 Å². The maximum Gasteiger partial charge on any atom is 0.251 e. The number of nitrogens with one attached hydrogen (secondary N) is 2. The minimum absolute atomic E-state index is 0.0452. The Morgan fingerprint density at radius 2 is 1.79 bits per heavy atom. The van der Waals surface area contributed by atoms with Gasteiger partial charge in [0.2, 0.25) is 10.0 Å². The molecule has 3 rings (SSSR count). The summed E-state index contributed by atoms with van der Waals surface area (Å²) in [6.07, 6.45) is 6.14. The van der Waals surface area contributed by atoms with Gasteiger partial charge in [-0.05, 0) is 49.9 Å². The second-order valence-electron chi connectivity index (χ2n) is 6.47. The predicted molar refractivity (Wildman–Crippen MR) is 90.3 cm³/mol. The van der Waals surface area contributed by atoms with E-state index in [-0.39, 0.29) is 29.5 Å². The average molecular weight is 352 g/mol. The van der Waals surface area contributed by atoms with Gasteiger partial charge in [-0.1, -0.05) is 12.8 Å². The molecule has 1 heterocycles. The third-order valence-corrected chi connectivity index (χ3v) is 6.08. The van der Waals surface area contributed by atoms with Crippen molar-refractivity contribution in [3.8, 4) is 0 Å². The van der Waals surface area contributed by atoms with E-state index in [4.69, 9.17) is 4.74 Å². The summed E-state index contributed by atoms with van der Waals surface area (Å²) in [6, 6.07) is 6.31. The molecule has 2 fully saturated rings. The van der Waals surface area contributed by atoms with E-state index in [1.807, 2.05) is 0 Å². The van der Waals surface area contributed by atoms with Crippen LogP contribution in [0.3, 0.4) is 0 Å². The summed E-state index contributed by atoms with van der Waals surface area (Å²) in [5.41, 5.74) is 0.486. The monoisotopic (exact) mass is 352 g/mol. The highest BCUT2D eigenvalue weighted by Crippen LogP contribution is 2.19. The third kappa shape index (κ3) is 4.34. The molecule has 1 aliphatic heterocycles. The fourth-order valence-electron chi connectivity index (χ4n) is 3.22. The standard InChI is InChI=1S/C17H24N2O4S/c20-17(19-14-4-1-2-5-14)13-7-9-16(10-8-13)24(21,22)18-12-15-6-3-11-23-15/h7-10,14-15,18H,1-6,11-12H2,(H,19,20)/t15-/m0/s1. The fourth-order valence-corrected chi connectivity index (χ4v) is 4.28. The van der Waals surface area contributed by atoms with Crippen LogP contribution in [0.2, 0.25) is 0 Å². The molecule has 6 nitrogen and oxygen atoms in total. The summed E-state index contributed by atoms with van der Waals surface area (Å²) in [5, 5.41) is 3.00. The Balaban J connectivity index is 1.58. The van der Waals surface area contributed by atoms with Crippen LogP contribution < -0.4 is 10.0 Å². The average Bonchev–Trinajstić information content (AvgIpc) is 3.27. The van der Waals surface area contributed by atoms with E-state index in [2.05, 4.69) is 10.0 Å². The molecule has 2 N–H and O–H groups in total. The summed E-state index contributed by atoms with van der Waals surface area (Å²) in [6.45, 7) is 0.976. The first-order valence-corrected chi connectivity index (χ1v) is 10.0. The molecule has 0 unspecified atom stereocenters. The van der Waals surface area contributed by atoms with Gasteiger partial charge in [0.1, 0.15) is 0 Å². The molecule has 1 amide bonds. The van der Waals surface area contributed by atoms with Crippen LogP contribution >= 0.6 is 0 Å². The van der Waals surface area contributed by atoms with Gasteiger partial charge in [-0.25, -0.2) is 13.1 Å². The fraction of sp³-hybridized carbons (Fsp3) is 0.588. The van der Waals surface area contributed by atoms with Crippen molar-refractivity contribution < 1.29 is 17.9 Å². The first-order valence-electron chi connectivity index (χ1n) is 8.57. The van der Waals surface area contributed by atoms with Crippen LogP contribution in [0.5, 0.6) is 0 Å². The molecule has 0 spiro atoms. The largest absolute Gasteiger partial charge is 0.377 e. The van der Waals surface area contributed by atoms with Crippen molar-refractivity contribution in [2.24, 2.45) is 0 Å². The van der Waals surface area contributed by atoms with Gasteiger partial charge >= 0.3 is 0 Å². The zero-order valence-electron chi connectivity index (χ0n) is 13.7. The number of benzene rings is 1. The summed E-state index contributed by atoms with van der Waals surface area (Å²) < 4.78 is 32.6. The molecule has 2 aliphatic rings. The number of hydrogen-bond donors (Lipinski definition) is 2. The lowest BCUT2D eigenvalue weighted by atomic mass is 10.2. The minimum atomic E-state index is -3.57. The number of amides is 1. The second kappa shape index (κ2) is 7.63. The van der Waals surface area contributed by atoms with Crippen molar-refractivity contribution >= 4 is 15.9 Å². The first-order chi connectivity index (χ1) is 11.5. The highest BCUT2D eigenvalue weighted by molar-refractivity contribution is 7.89. The Morgan fingerprint density at radius 3 is 2.42 bits per heavy atom. The van der Waals surface area contributed by atoms with Gasteiger partial charge in [0.05, 0.1) is 11.0 Å². The normalized spacial score (nSPS) is 21.9. The molecule has 1 atom stereocenters. The Bertz CT molecular complexity index is 660. The van der Waals surface area contributed by atoms with Crippen LogP contribution in [-0.2, 0) is 14.8 Å². The van der Waals surface area contributed by atoms with Crippen molar-refractivity contribution in [1.29, 1.82) is 0 Å². The molecule has 0 aromatic heterocycles. The smallest absolute Gasteiger partial charge is 0.251 e. The SMILES string of the molecule is O=C(NC1CCCC1)c1ccc(S(=O)(=O)NC[C@@H]2CCCO2)cc1. The molecular weight excluding hydrogens is 328 g/mol. The van der Waals surface area contributed by atoms with E-state index < -0.39 is 10.0 Å². The van der Waals surface area contributed by atoms with Crippen molar-refractivity contribution in [1.82, 2.24) is 10.0 Å². The van der Waals surface area contributed by atoms with Crippen molar-refractivity contribution in [3.05, 3.63) is 29.8 Å². The van der Waals surface area contributed by atoms with E-state index in [0.29, 0.717) is 12.2 Å². The summed E-state index contributed by atoms with van der Waals surface area (Å²) >= 11 is 0. The lowest BCUT2D eigenvalue weighted by Crippen LogP contribution is -2.33. The van der Waals surface area contributed by atoms with Gasteiger partial charge in [-0.2, -0.15) is 0 Å². The van der Waals surface area contributed by atoms with Gasteiger partial charge in [0.25, 0.3) is 5.91 Å². The van der Waals surface area contributed by atoms with E-state index >= 15 is 0 Å². The maximum atomic E-state index is 12.3. The molecule has 1 aliphatic carbocycles. The molecule has 0 radical (unpaired) electrons. The molecule has 132 valence electrons. The molecular formula is C17H24N2O4S. The van der Waals surface area contributed by atoms with Gasteiger partial charge in [-0.15, -0.1) is 0 Å². The van der Waals surface area contributed by atoms with Gasteiger partial charge in [-0.3, -0.25) is 4.79 Å². The minimum Gasteiger partial charge on any atom is -0.377 e. The number of rotatable bonds is 6. The van der Waals surface area contributed by atoms with E-state index in [9.17, 15) is 13.2 Å². The Hall–Kier alpha value is -1.44.